The van der Waals surface area contributed by atoms with E-state index in [1.165, 1.54) is 13.8 Å². The molecule has 0 aromatic heterocycles. The third kappa shape index (κ3) is 2.85. The van der Waals surface area contributed by atoms with Crippen LogP contribution in [-0.2, 0) is 5.60 Å². The summed E-state index contributed by atoms with van der Waals surface area (Å²) in [5.74, 6) is -0.282. The zero-order chi connectivity index (χ0) is 15.7. The van der Waals surface area contributed by atoms with E-state index in [9.17, 15) is 27.1 Å². The SMILES string of the molecule is CC(C)C#CC(O)(c1c(N)ccc(F)c1F)C(F)(F)F. The Bertz CT molecular complexity index is 571. The maximum absolute atomic E-state index is 13.6. The molecule has 1 rings (SSSR count). The molecular formula is C13H12F5NO. The van der Waals surface area contributed by atoms with E-state index in [2.05, 4.69) is 5.92 Å². The van der Waals surface area contributed by atoms with Crippen molar-refractivity contribution < 1.29 is 27.1 Å². The molecule has 0 aliphatic carbocycles. The quantitative estimate of drug-likeness (QED) is 0.475. The summed E-state index contributed by atoms with van der Waals surface area (Å²) in [6, 6.07) is 1.31. The summed E-state index contributed by atoms with van der Waals surface area (Å²) in [6.07, 6.45) is -5.34. The summed E-state index contributed by atoms with van der Waals surface area (Å²) in [4.78, 5) is 0. The zero-order valence-corrected chi connectivity index (χ0v) is 10.6. The van der Waals surface area contributed by atoms with E-state index >= 15 is 0 Å². The van der Waals surface area contributed by atoms with Gasteiger partial charge in [-0.15, -0.1) is 0 Å². The van der Waals surface area contributed by atoms with Crippen LogP contribution >= 0.6 is 0 Å². The molecule has 7 heteroatoms. The Morgan fingerprint density at radius 3 is 2.20 bits per heavy atom. The van der Waals surface area contributed by atoms with Gasteiger partial charge in [0.2, 0.25) is 0 Å². The van der Waals surface area contributed by atoms with E-state index in [1.807, 2.05) is 0 Å². The first-order valence-electron chi connectivity index (χ1n) is 5.56. The largest absolute Gasteiger partial charge is 0.433 e. The van der Waals surface area contributed by atoms with E-state index in [1.54, 1.807) is 5.92 Å². The summed E-state index contributed by atoms with van der Waals surface area (Å²) in [6.45, 7) is 2.96. The summed E-state index contributed by atoms with van der Waals surface area (Å²) in [7, 11) is 0. The number of nitrogens with two attached hydrogens (primary N) is 1. The fraction of sp³-hybridized carbons (Fsp3) is 0.385. The van der Waals surface area contributed by atoms with Crippen molar-refractivity contribution in [3.63, 3.8) is 0 Å². The number of anilines is 1. The van der Waals surface area contributed by atoms with Crippen LogP contribution in [0.5, 0.6) is 0 Å². The standard InChI is InChI=1S/C13H12F5NO/c1-7(2)5-6-12(20,13(16,17)18)10-9(19)4-3-8(14)11(10)15/h3-4,7,20H,19H2,1-2H3. The summed E-state index contributed by atoms with van der Waals surface area (Å²) in [5, 5.41) is 9.77. The maximum atomic E-state index is 13.6. The van der Waals surface area contributed by atoms with Gasteiger partial charge in [-0.2, -0.15) is 13.2 Å². The minimum atomic E-state index is -5.34. The normalized spacial score (nSPS) is 14.7. The topological polar surface area (TPSA) is 46.2 Å². The molecule has 110 valence electrons. The minimum Gasteiger partial charge on any atom is -0.398 e. The molecule has 1 aromatic rings. The van der Waals surface area contributed by atoms with E-state index in [-0.39, 0.29) is 0 Å². The number of hydrogen-bond donors (Lipinski definition) is 2. The van der Waals surface area contributed by atoms with Crippen LogP contribution in [0.4, 0.5) is 27.6 Å². The Labute approximate surface area is 112 Å². The summed E-state index contributed by atoms with van der Waals surface area (Å²) >= 11 is 0. The van der Waals surface area contributed by atoms with Gasteiger partial charge in [-0.3, -0.25) is 0 Å². The van der Waals surface area contributed by atoms with Crippen molar-refractivity contribution in [3.05, 3.63) is 29.3 Å². The Kier molecular flexibility index (Phi) is 4.30. The molecule has 1 aromatic carbocycles. The average Bonchev–Trinajstić information content (AvgIpc) is 2.30. The molecule has 0 spiro atoms. The van der Waals surface area contributed by atoms with Gasteiger partial charge in [0.1, 0.15) is 0 Å². The van der Waals surface area contributed by atoms with Gasteiger partial charge in [0.05, 0.1) is 5.56 Å². The molecule has 20 heavy (non-hydrogen) atoms. The van der Waals surface area contributed by atoms with Crippen LogP contribution in [0.1, 0.15) is 19.4 Å². The van der Waals surface area contributed by atoms with E-state index in [4.69, 9.17) is 5.73 Å². The van der Waals surface area contributed by atoms with E-state index in [0.717, 1.165) is 6.07 Å². The van der Waals surface area contributed by atoms with Gasteiger partial charge >= 0.3 is 6.18 Å². The Hall–Kier alpha value is -1.81. The third-order valence-electron chi connectivity index (χ3n) is 2.44. The Balaban J connectivity index is 3.66. The number of rotatable bonds is 1. The van der Waals surface area contributed by atoms with Crippen LogP contribution in [0.15, 0.2) is 12.1 Å². The number of alkyl halides is 3. The van der Waals surface area contributed by atoms with Crippen LogP contribution in [0.3, 0.4) is 0 Å². The first-order valence-corrected chi connectivity index (χ1v) is 5.56. The lowest BCUT2D eigenvalue weighted by Crippen LogP contribution is -2.42. The molecule has 0 bridgehead atoms. The predicted molar refractivity (Wildman–Crippen MR) is 63.3 cm³/mol. The molecule has 1 atom stereocenters. The molecule has 0 saturated heterocycles. The van der Waals surface area contributed by atoms with Gasteiger partial charge < -0.3 is 10.8 Å². The lowest BCUT2D eigenvalue weighted by Gasteiger charge is -2.27. The second-order valence-electron chi connectivity index (χ2n) is 4.46. The van der Waals surface area contributed by atoms with E-state index in [0.29, 0.717) is 6.07 Å². The van der Waals surface area contributed by atoms with E-state index < -0.39 is 40.6 Å². The second-order valence-corrected chi connectivity index (χ2v) is 4.46. The first-order chi connectivity index (χ1) is 9.00. The summed E-state index contributed by atoms with van der Waals surface area (Å²) in [5.41, 5.74) is -0.775. The molecule has 2 nitrogen and oxygen atoms in total. The van der Waals surface area contributed by atoms with Gasteiger partial charge in [0.15, 0.2) is 11.6 Å². The Morgan fingerprint density at radius 1 is 1.20 bits per heavy atom. The molecule has 0 heterocycles. The van der Waals surface area contributed by atoms with Gasteiger partial charge in [-0.25, -0.2) is 8.78 Å². The molecule has 0 radical (unpaired) electrons. The van der Waals surface area contributed by atoms with Gasteiger partial charge in [0, 0.05) is 11.6 Å². The average molecular weight is 293 g/mol. The lowest BCUT2D eigenvalue weighted by molar-refractivity contribution is -0.241. The van der Waals surface area contributed by atoms with Crippen molar-refractivity contribution in [2.75, 3.05) is 5.73 Å². The molecular weight excluding hydrogens is 281 g/mol. The molecule has 0 saturated carbocycles. The second kappa shape index (κ2) is 5.29. The number of benzene rings is 1. The smallest absolute Gasteiger partial charge is 0.398 e. The number of hydrogen-bond acceptors (Lipinski definition) is 2. The van der Waals surface area contributed by atoms with Crippen LogP contribution < -0.4 is 5.73 Å². The maximum Gasteiger partial charge on any atom is 0.433 e. The van der Waals surface area contributed by atoms with Crippen molar-refractivity contribution in [2.24, 2.45) is 5.92 Å². The number of nitrogen functional groups attached to an aromatic ring is 1. The van der Waals surface area contributed by atoms with Crippen molar-refractivity contribution in [1.29, 1.82) is 0 Å². The lowest BCUT2D eigenvalue weighted by atomic mass is 9.90. The minimum absolute atomic E-state index is 0.512. The molecule has 3 N–H and O–H groups in total. The highest BCUT2D eigenvalue weighted by molar-refractivity contribution is 5.54. The molecule has 1 unspecified atom stereocenters. The summed E-state index contributed by atoms with van der Waals surface area (Å²) < 4.78 is 65.9. The van der Waals surface area contributed by atoms with Crippen molar-refractivity contribution in [3.8, 4) is 11.8 Å². The highest BCUT2D eigenvalue weighted by atomic mass is 19.4. The molecule has 0 aliphatic rings. The monoisotopic (exact) mass is 293 g/mol. The fourth-order valence-electron chi connectivity index (χ4n) is 1.46. The van der Waals surface area contributed by atoms with Crippen molar-refractivity contribution >= 4 is 5.69 Å². The predicted octanol–water partition coefficient (Wildman–Crippen LogP) is 2.96. The van der Waals surface area contributed by atoms with Crippen LogP contribution in [0.2, 0.25) is 0 Å². The highest BCUT2D eigenvalue weighted by Gasteiger charge is 2.57. The zero-order valence-electron chi connectivity index (χ0n) is 10.6. The number of aliphatic hydroxyl groups is 1. The van der Waals surface area contributed by atoms with Crippen LogP contribution in [-0.4, -0.2) is 11.3 Å². The molecule has 0 aliphatic heterocycles. The fourth-order valence-corrected chi connectivity index (χ4v) is 1.46. The van der Waals surface area contributed by atoms with Crippen molar-refractivity contribution in [2.45, 2.75) is 25.6 Å². The van der Waals surface area contributed by atoms with Crippen molar-refractivity contribution in [1.82, 2.24) is 0 Å². The van der Waals surface area contributed by atoms with Gasteiger partial charge in [-0.05, 0) is 12.1 Å². The molecule has 0 fully saturated rings. The van der Waals surface area contributed by atoms with Crippen LogP contribution in [0.25, 0.3) is 0 Å². The molecule has 0 amide bonds. The van der Waals surface area contributed by atoms with Crippen LogP contribution in [0, 0.1) is 29.4 Å². The van der Waals surface area contributed by atoms with Gasteiger partial charge in [0.25, 0.3) is 5.60 Å². The first kappa shape index (κ1) is 16.2. The Morgan fingerprint density at radius 2 is 1.75 bits per heavy atom. The third-order valence-corrected chi connectivity index (χ3v) is 2.44. The highest BCUT2D eigenvalue weighted by Crippen LogP contribution is 2.42. The number of halogens is 5. The van der Waals surface area contributed by atoms with Gasteiger partial charge in [-0.1, -0.05) is 25.7 Å².